The Morgan fingerprint density at radius 2 is 1.96 bits per heavy atom. The van der Waals surface area contributed by atoms with E-state index in [1.165, 1.54) is 0 Å². The Kier molecular flexibility index (Phi) is 6.31. The van der Waals surface area contributed by atoms with Crippen molar-refractivity contribution in [3.8, 4) is 0 Å². The summed E-state index contributed by atoms with van der Waals surface area (Å²) in [5.41, 5.74) is 1.81. The molecule has 2 N–H and O–H groups in total. The molecule has 24 heavy (non-hydrogen) atoms. The molecule has 0 aliphatic rings. The number of hydrogen-bond donors (Lipinski definition) is 2. The second-order valence-corrected chi connectivity index (χ2v) is 5.08. The third-order valence-electron chi connectivity index (χ3n) is 3.24. The van der Waals surface area contributed by atoms with E-state index in [0.29, 0.717) is 11.3 Å². The van der Waals surface area contributed by atoms with Gasteiger partial charge in [0.05, 0.1) is 17.9 Å². The van der Waals surface area contributed by atoms with Crippen LogP contribution in [0.1, 0.15) is 41.1 Å². The van der Waals surface area contributed by atoms with Crippen molar-refractivity contribution < 1.29 is 14.3 Å². The van der Waals surface area contributed by atoms with Crippen molar-refractivity contribution in [1.29, 1.82) is 0 Å². The number of nitrogens with zero attached hydrogens (tertiary/aromatic N) is 1. The lowest BCUT2D eigenvalue weighted by molar-refractivity contribution is 0.0527. The molecule has 6 heteroatoms. The number of anilines is 2. The Balaban J connectivity index is 2.17. The summed E-state index contributed by atoms with van der Waals surface area (Å²) in [5.74, 6) is -0.855. The Labute approximate surface area is 141 Å². The molecule has 2 aromatic rings. The number of rotatable bonds is 7. The van der Waals surface area contributed by atoms with Crippen LogP contribution in [-0.2, 0) is 4.74 Å². The van der Waals surface area contributed by atoms with E-state index in [1.54, 1.807) is 49.5 Å². The summed E-state index contributed by atoms with van der Waals surface area (Å²) >= 11 is 0. The van der Waals surface area contributed by atoms with Crippen LogP contribution in [0.25, 0.3) is 0 Å². The number of nitrogens with one attached hydrogen (secondary N) is 2. The molecule has 6 nitrogen and oxygen atoms in total. The third kappa shape index (κ3) is 4.55. The minimum atomic E-state index is -0.472. The summed E-state index contributed by atoms with van der Waals surface area (Å²) in [7, 11) is 0. The van der Waals surface area contributed by atoms with Gasteiger partial charge in [0.1, 0.15) is 5.69 Å². The van der Waals surface area contributed by atoms with E-state index >= 15 is 0 Å². The van der Waals surface area contributed by atoms with Gasteiger partial charge in [-0.1, -0.05) is 19.1 Å². The molecule has 1 aromatic heterocycles. The predicted octanol–water partition coefficient (Wildman–Crippen LogP) is 3.33. The van der Waals surface area contributed by atoms with Crippen molar-refractivity contribution in [2.24, 2.45) is 0 Å². The van der Waals surface area contributed by atoms with Crippen LogP contribution in [0, 0.1) is 0 Å². The standard InChI is InChI=1S/C18H21N3O3/c1-3-10-19-13-9-11-20-16(12-13)17(22)21-15-8-6-5-7-14(15)18(23)24-4-2/h5-9,11-12H,3-4,10H2,1-2H3,(H,19,20)(H,21,22). The van der Waals surface area contributed by atoms with Crippen molar-refractivity contribution in [2.45, 2.75) is 20.3 Å². The number of pyridine rings is 1. The Morgan fingerprint density at radius 3 is 2.71 bits per heavy atom. The minimum absolute atomic E-state index is 0.272. The van der Waals surface area contributed by atoms with Gasteiger partial charge in [0.25, 0.3) is 5.91 Å². The molecule has 0 aliphatic heterocycles. The van der Waals surface area contributed by atoms with Crippen molar-refractivity contribution in [3.63, 3.8) is 0 Å². The molecule has 0 saturated carbocycles. The quantitative estimate of drug-likeness (QED) is 0.762. The van der Waals surface area contributed by atoms with E-state index in [2.05, 4.69) is 22.5 Å². The number of ether oxygens (including phenoxy) is 1. The number of hydrogen-bond acceptors (Lipinski definition) is 5. The first-order valence-electron chi connectivity index (χ1n) is 7.93. The predicted molar refractivity (Wildman–Crippen MR) is 93.4 cm³/mol. The second-order valence-electron chi connectivity index (χ2n) is 5.08. The molecule has 0 aliphatic carbocycles. The number of carbonyl (C=O) groups excluding carboxylic acids is 2. The van der Waals surface area contributed by atoms with Gasteiger partial charge in [0, 0.05) is 18.4 Å². The largest absolute Gasteiger partial charge is 0.462 e. The van der Waals surface area contributed by atoms with Gasteiger partial charge in [-0.25, -0.2) is 4.79 Å². The van der Waals surface area contributed by atoms with E-state index < -0.39 is 5.97 Å². The summed E-state index contributed by atoms with van der Waals surface area (Å²) in [4.78, 5) is 28.5. The highest BCUT2D eigenvalue weighted by Crippen LogP contribution is 2.18. The second kappa shape index (κ2) is 8.67. The Bertz CT molecular complexity index is 716. The van der Waals surface area contributed by atoms with Crippen LogP contribution in [0.15, 0.2) is 42.6 Å². The third-order valence-corrected chi connectivity index (χ3v) is 3.24. The van der Waals surface area contributed by atoms with E-state index in [9.17, 15) is 9.59 Å². The fraction of sp³-hybridized carbons (Fsp3) is 0.278. The Hall–Kier alpha value is -2.89. The average Bonchev–Trinajstić information content (AvgIpc) is 2.61. The van der Waals surface area contributed by atoms with E-state index in [0.717, 1.165) is 18.7 Å². The summed E-state index contributed by atoms with van der Waals surface area (Å²) in [5, 5.41) is 5.93. The van der Waals surface area contributed by atoms with Gasteiger partial charge in [-0.05, 0) is 37.6 Å². The normalized spacial score (nSPS) is 10.1. The van der Waals surface area contributed by atoms with Gasteiger partial charge in [-0.15, -0.1) is 0 Å². The zero-order valence-electron chi connectivity index (χ0n) is 13.8. The SMILES string of the molecule is CCCNc1ccnc(C(=O)Nc2ccccc2C(=O)OCC)c1. The van der Waals surface area contributed by atoms with Crippen molar-refractivity contribution in [2.75, 3.05) is 23.8 Å². The van der Waals surface area contributed by atoms with Gasteiger partial charge in [-0.3, -0.25) is 9.78 Å². The van der Waals surface area contributed by atoms with E-state index in [1.807, 2.05) is 0 Å². The highest BCUT2D eigenvalue weighted by molar-refractivity contribution is 6.07. The number of esters is 1. The molecule has 0 spiro atoms. The summed E-state index contributed by atoms with van der Waals surface area (Å²) in [6.07, 6.45) is 2.56. The lowest BCUT2D eigenvalue weighted by Crippen LogP contribution is -2.17. The fourth-order valence-corrected chi connectivity index (χ4v) is 2.10. The summed E-state index contributed by atoms with van der Waals surface area (Å²) in [6, 6.07) is 10.2. The van der Waals surface area contributed by atoms with Crippen LogP contribution in [0.3, 0.4) is 0 Å². The van der Waals surface area contributed by atoms with Crippen LogP contribution < -0.4 is 10.6 Å². The summed E-state index contributed by atoms with van der Waals surface area (Å²) in [6.45, 7) is 4.89. The zero-order valence-corrected chi connectivity index (χ0v) is 13.8. The molecule has 0 atom stereocenters. The van der Waals surface area contributed by atoms with Gasteiger partial charge >= 0.3 is 5.97 Å². The highest BCUT2D eigenvalue weighted by Gasteiger charge is 2.15. The molecule has 0 radical (unpaired) electrons. The first-order valence-corrected chi connectivity index (χ1v) is 7.93. The first kappa shape index (κ1) is 17.5. The van der Waals surface area contributed by atoms with E-state index in [4.69, 9.17) is 4.74 Å². The smallest absolute Gasteiger partial charge is 0.340 e. The van der Waals surface area contributed by atoms with Crippen LogP contribution in [-0.4, -0.2) is 30.0 Å². The van der Waals surface area contributed by atoms with Crippen molar-refractivity contribution in [3.05, 3.63) is 53.9 Å². The summed E-state index contributed by atoms with van der Waals surface area (Å²) < 4.78 is 5.00. The maximum absolute atomic E-state index is 12.4. The highest BCUT2D eigenvalue weighted by atomic mass is 16.5. The number of benzene rings is 1. The maximum Gasteiger partial charge on any atom is 0.340 e. The molecule has 0 saturated heterocycles. The Morgan fingerprint density at radius 1 is 1.17 bits per heavy atom. The lowest BCUT2D eigenvalue weighted by atomic mass is 10.1. The lowest BCUT2D eigenvalue weighted by Gasteiger charge is -2.11. The number of carbonyl (C=O) groups is 2. The van der Waals surface area contributed by atoms with Crippen LogP contribution >= 0.6 is 0 Å². The minimum Gasteiger partial charge on any atom is -0.462 e. The van der Waals surface area contributed by atoms with Crippen LogP contribution in [0.4, 0.5) is 11.4 Å². The molecule has 0 fully saturated rings. The molecule has 0 bridgehead atoms. The molecule has 2 rings (SSSR count). The molecule has 126 valence electrons. The molecular formula is C18H21N3O3. The number of para-hydroxylation sites is 1. The molecule has 1 amide bonds. The maximum atomic E-state index is 12.4. The number of aromatic nitrogens is 1. The topological polar surface area (TPSA) is 80.3 Å². The van der Waals surface area contributed by atoms with Crippen molar-refractivity contribution >= 4 is 23.3 Å². The van der Waals surface area contributed by atoms with Gasteiger partial charge in [-0.2, -0.15) is 0 Å². The van der Waals surface area contributed by atoms with Crippen LogP contribution in [0.5, 0.6) is 0 Å². The van der Waals surface area contributed by atoms with Crippen molar-refractivity contribution in [1.82, 2.24) is 4.98 Å². The number of amides is 1. The zero-order chi connectivity index (χ0) is 17.4. The molecule has 0 unspecified atom stereocenters. The molecule has 1 aromatic carbocycles. The van der Waals surface area contributed by atoms with Crippen LogP contribution in [0.2, 0.25) is 0 Å². The average molecular weight is 327 g/mol. The van der Waals surface area contributed by atoms with Gasteiger partial charge in [0.2, 0.25) is 0 Å². The first-order chi connectivity index (χ1) is 11.7. The monoisotopic (exact) mass is 327 g/mol. The molecule has 1 heterocycles. The van der Waals surface area contributed by atoms with Gasteiger partial charge < -0.3 is 15.4 Å². The van der Waals surface area contributed by atoms with E-state index in [-0.39, 0.29) is 18.2 Å². The van der Waals surface area contributed by atoms with Gasteiger partial charge in [0.15, 0.2) is 0 Å². The fourth-order valence-electron chi connectivity index (χ4n) is 2.10. The molecular weight excluding hydrogens is 306 g/mol.